The molecule has 1 saturated carbocycles. The van der Waals surface area contributed by atoms with E-state index in [4.69, 9.17) is 5.73 Å². The van der Waals surface area contributed by atoms with Gasteiger partial charge in [-0.25, -0.2) is 0 Å². The fourth-order valence-electron chi connectivity index (χ4n) is 2.59. The zero-order valence-corrected chi connectivity index (χ0v) is 8.81. The van der Waals surface area contributed by atoms with E-state index in [1.54, 1.807) is 0 Å². The minimum Gasteiger partial charge on any atom is -0.370 e. The molecule has 1 aliphatic rings. The lowest BCUT2D eigenvalue weighted by Crippen LogP contribution is -2.53. The first-order chi connectivity index (χ1) is 5.93. The van der Waals surface area contributed by atoms with Gasteiger partial charge in [0.2, 0.25) is 5.91 Å². The maximum Gasteiger partial charge on any atom is 0.219 e. The lowest BCUT2D eigenvalue weighted by molar-refractivity contribution is -0.120. The van der Waals surface area contributed by atoms with E-state index in [1.807, 2.05) is 7.05 Å². The Morgan fingerprint density at radius 2 is 2.08 bits per heavy atom. The molecule has 1 atom stereocenters. The van der Waals surface area contributed by atoms with Gasteiger partial charge in [0, 0.05) is 12.0 Å². The number of carbonyl (C=O) groups is 1. The molecular formula is C10H20N2O. The minimum absolute atomic E-state index is 0.0706. The molecule has 3 heteroatoms. The minimum atomic E-state index is -0.204. The van der Waals surface area contributed by atoms with Crippen LogP contribution in [0.5, 0.6) is 0 Å². The van der Waals surface area contributed by atoms with Crippen LogP contribution < -0.4 is 11.1 Å². The third kappa shape index (κ3) is 1.70. The molecular weight excluding hydrogens is 164 g/mol. The highest BCUT2D eigenvalue weighted by Gasteiger charge is 2.48. The molecule has 13 heavy (non-hydrogen) atoms. The van der Waals surface area contributed by atoms with Crippen LogP contribution in [0.4, 0.5) is 0 Å². The smallest absolute Gasteiger partial charge is 0.219 e. The Labute approximate surface area is 80.1 Å². The third-order valence-corrected chi connectivity index (χ3v) is 3.66. The second-order valence-corrected chi connectivity index (χ2v) is 4.71. The van der Waals surface area contributed by atoms with E-state index in [0.29, 0.717) is 6.42 Å². The monoisotopic (exact) mass is 184 g/mol. The van der Waals surface area contributed by atoms with Gasteiger partial charge in [0.1, 0.15) is 0 Å². The lowest BCUT2D eigenvalue weighted by atomic mass is 9.73. The van der Waals surface area contributed by atoms with Gasteiger partial charge in [0.05, 0.1) is 0 Å². The molecule has 1 fully saturated rings. The number of primary amides is 1. The summed E-state index contributed by atoms with van der Waals surface area (Å²) in [6.07, 6.45) is 3.86. The molecule has 0 aliphatic heterocycles. The van der Waals surface area contributed by atoms with Crippen molar-refractivity contribution in [1.29, 1.82) is 0 Å². The van der Waals surface area contributed by atoms with Crippen LogP contribution in [0.3, 0.4) is 0 Å². The van der Waals surface area contributed by atoms with E-state index in [0.717, 1.165) is 6.42 Å². The van der Waals surface area contributed by atoms with Crippen LogP contribution in [-0.2, 0) is 4.79 Å². The molecule has 0 saturated heterocycles. The van der Waals surface area contributed by atoms with Crippen LogP contribution in [0.15, 0.2) is 0 Å². The molecule has 1 rings (SSSR count). The van der Waals surface area contributed by atoms with Crippen LogP contribution in [0.1, 0.15) is 39.5 Å². The average Bonchev–Trinajstić information content (AvgIpc) is 2.27. The predicted octanol–water partition coefficient (Wildman–Crippen LogP) is 1.03. The predicted molar refractivity (Wildman–Crippen MR) is 53.2 cm³/mol. The normalized spacial score (nSPS) is 31.9. The highest BCUT2D eigenvalue weighted by atomic mass is 16.1. The Balaban J connectivity index is 2.85. The van der Waals surface area contributed by atoms with E-state index in [-0.39, 0.29) is 16.9 Å². The summed E-state index contributed by atoms with van der Waals surface area (Å²) >= 11 is 0. The number of hydrogen-bond acceptors (Lipinski definition) is 2. The Morgan fingerprint density at radius 1 is 1.46 bits per heavy atom. The van der Waals surface area contributed by atoms with E-state index >= 15 is 0 Å². The Kier molecular flexibility index (Phi) is 2.66. The lowest BCUT2D eigenvalue weighted by Gasteiger charge is -2.40. The van der Waals surface area contributed by atoms with Crippen LogP contribution >= 0.6 is 0 Å². The number of nitrogens with one attached hydrogen (secondary N) is 1. The van der Waals surface area contributed by atoms with Crippen molar-refractivity contribution in [2.75, 3.05) is 7.05 Å². The van der Waals surface area contributed by atoms with Crippen LogP contribution in [0.2, 0.25) is 0 Å². The van der Waals surface area contributed by atoms with Gasteiger partial charge in [0.25, 0.3) is 0 Å². The molecule has 0 aromatic carbocycles. The molecule has 0 bridgehead atoms. The van der Waals surface area contributed by atoms with Gasteiger partial charge in [-0.2, -0.15) is 0 Å². The Hall–Kier alpha value is -0.570. The third-order valence-electron chi connectivity index (χ3n) is 3.66. The van der Waals surface area contributed by atoms with Gasteiger partial charge in [-0.1, -0.05) is 20.3 Å². The molecule has 3 N–H and O–H groups in total. The summed E-state index contributed by atoms with van der Waals surface area (Å²) in [6, 6.07) is 0. The fourth-order valence-corrected chi connectivity index (χ4v) is 2.59. The number of hydrogen-bond donors (Lipinski definition) is 2. The van der Waals surface area contributed by atoms with Gasteiger partial charge < -0.3 is 11.1 Å². The van der Waals surface area contributed by atoms with Crippen molar-refractivity contribution in [3.63, 3.8) is 0 Å². The fraction of sp³-hybridized carbons (Fsp3) is 0.900. The first-order valence-electron chi connectivity index (χ1n) is 4.91. The second-order valence-electron chi connectivity index (χ2n) is 4.71. The molecule has 0 aromatic rings. The molecule has 76 valence electrons. The summed E-state index contributed by atoms with van der Waals surface area (Å²) in [6.45, 7) is 4.42. The quantitative estimate of drug-likeness (QED) is 0.688. The first kappa shape index (κ1) is 10.5. The van der Waals surface area contributed by atoms with Crippen LogP contribution in [0, 0.1) is 5.41 Å². The summed E-state index contributed by atoms with van der Waals surface area (Å²) in [5, 5.41) is 3.30. The molecule has 1 amide bonds. The molecule has 0 heterocycles. The van der Waals surface area contributed by atoms with E-state index in [2.05, 4.69) is 19.2 Å². The van der Waals surface area contributed by atoms with Crippen LogP contribution in [-0.4, -0.2) is 18.5 Å². The van der Waals surface area contributed by atoms with Crippen molar-refractivity contribution < 1.29 is 4.79 Å². The SMILES string of the molecule is CNC1(CC(N)=O)CCCC1(C)C. The maximum atomic E-state index is 11.0. The van der Waals surface area contributed by atoms with Crippen LogP contribution in [0.25, 0.3) is 0 Å². The van der Waals surface area contributed by atoms with Crippen molar-refractivity contribution in [3.05, 3.63) is 0 Å². The highest BCUT2D eigenvalue weighted by Crippen LogP contribution is 2.47. The van der Waals surface area contributed by atoms with Gasteiger partial charge in [-0.3, -0.25) is 4.79 Å². The molecule has 0 spiro atoms. The van der Waals surface area contributed by atoms with Gasteiger partial charge in [-0.15, -0.1) is 0 Å². The summed E-state index contributed by atoms with van der Waals surface area (Å²) in [5.74, 6) is -0.204. The molecule has 1 aliphatic carbocycles. The highest BCUT2D eigenvalue weighted by molar-refractivity contribution is 5.75. The van der Waals surface area contributed by atoms with E-state index < -0.39 is 0 Å². The van der Waals surface area contributed by atoms with Crippen molar-refractivity contribution >= 4 is 5.91 Å². The average molecular weight is 184 g/mol. The largest absolute Gasteiger partial charge is 0.370 e. The number of nitrogens with two attached hydrogens (primary N) is 1. The van der Waals surface area contributed by atoms with Gasteiger partial charge in [-0.05, 0) is 25.3 Å². The topological polar surface area (TPSA) is 55.1 Å². The second kappa shape index (κ2) is 3.29. The van der Waals surface area contributed by atoms with E-state index in [1.165, 1.54) is 12.8 Å². The van der Waals surface area contributed by atoms with Gasteiger partial charge >= 0.3 is 0 Å². The van der Waals surface area contributed by atoms with Crippen molar-refractivity contribution in [3.8, 4) is 0 Å². The standard InChI is InChI=1S/C10H20N2O/c1-9(2)5-4-6-10(9,12-3)7-8(11)13/h12H,4-7H2,1-3H3,(H2,11,13). The Bertz CT molecular complexity index is 213. The molecule has 0 aromatic heterocycles. The van der Waals surface area contributed by atoms with Crippen molar-refractivity contribution in [2.24, 2.45) is 11.1 Å². The molecule has 1 unspecified atom stereocenters. The number of rotatable bonds is 3. The summed E-state index contributed by atoms with van der Waals surface area (Å²) in [7, 11) is 1.93. The number of carbonyl (C=O) groups excluding carboxylic acids is 1. The molecule has 0 radical (unpaired) electrons. The first-order valence-corrected chi connectivity index (χ1v) is 4.91. The summed E-state index contributed by atoms with van der Waals surface area (Å²) < 4.78 is 0. The zero-order valence-electron chi connectivity index (χ0n) is 8.81. The zero-order chi connectivity index (χ0) is 10.1. The maximum absolute atomic E-state index is 11.0. The summed E-state index contributed by atoms with van der Waals surface area (Å²) in [4.78, 5) is 11.0. The summed E-state index contributed by atoms with van der Waals surface area (Å²) in [5.41, 5.74) is 5.38. The van der Waals surface area contributed by atoms with Crippen molar-refractivity contribution in [1.82, 2.24) is 5.32 Å². The Morgan fingerprint density at radius 3 is 2.38 bits per heavy atom. The van der Waals surface area contributed by atoms with E-state index in [9.17, 15) is 4.79 Å². The number of amides is 1. The van der Waals surface area contributed by atoms with Crippen molar-refractivity contribution in [2.45, 2.75) is 45.1 Å². The molecule has 3 nitrogen and oxygen atoms in total. The van der Waals surface area contributed by atoms with Gasteiger partial charge in [0.15, 0.2) is 0 Å².